The van der Waals surface area contributed by atoms with Crippen molar-refractivity contribution in [1.82, 2.24) is 24.1 Å². The van der Waals surface area contributed by atoms with Gasteiger partial charge < -0.3 is 10.6 Å². The minimum atomic E-state index is -4.73. The average molecular weight is 527 g/mol. The van der Waals surface area contributed by atoms with E-state index in [1.807, 2.05) is 0 Å². The fraction of sp³-hybridized carbons (Fsp3) is 0.200. The van der Waals surface area contributed by atoms with E-state index in [-0.39, 0.29) is 34.2 Å². The Morgan fingerprint density at radius 3 is 2.58 bits per heavy atom. The van der Waals surface area contributed by atoms with Crippen LogP contribution in [0.25, 0.3) is 16.6 Å². The summed E-state index contributed by atoms with van der Waals surface area (Å²) in [5.74, 6) is -2.77. The maximum atomic E-state index is 15.3. The summed E-state index contributed by atoms with van der Waals surface area (Å²) in [6.07, 6.45) is 2.94. The van der Waals surface area contributed by atoms with E-state index >= 15 is 4.39 Å². The van der Waals surface area contributed by atoms with Crippen LogP contribution in [0, 0.1) is 11.6 Å². The molecule has 0 radical (unpaired) electrons. The molecular formula is C25H18F5N7O. The van der Waals surface area contributed by atoms with E-state index < -0.39 is 35.8 Å². The monoisotopic (exact) mass is 527 g/mol. The third-order valence-electron chi connectivity index (χ3n) is 6.47. The van der Waals surface area contributed by atoms with Gasteiger partial charge in [-0.15, -0.1) is 0 Å². The number of alkyl halides is 3. The molecule has 0 spiro atoms. The minimum Gasteiger partial charge on any atom is -0.382 e. The smallest absolute Gasteiger partial charge is 0.382 e. The van der Waals surface area contributed by atoms with Crippen molar-refractivity contribution in [3.63, 3.8) is 0 Å². The zero-order chi connectivity index (χ0) is 26.8. The highest BCUT2D eigenvalue weighted by molar-refractivity contribution is 6.07. The van der Waals surface area contributed by atoms with E-state index in [1.165, 1.54) is 24.8 Å². The highest BCUT2D eigenvalue weighted by Gasteiger charge is 2.32. The summed E-state index contributed by atoms with van der Waals surface area (Å²) < 4.78 is 72.4. The maximum Gasteiger partial charge on any atom is 0.416 e. The van der Waals surface area contributed by atoms with E-state index in [0.717, 1.165) is 35.9 Å². The number of anilines is 2. The van der Waals surface area contributed by atoms with Gasteiger partial charge in [-0.1, -0.05) is 6.07 Å². The number of rotatable bonds is 5. The highest BCUT2D eigenvalue weighted by Crippen LogP contribution is 2.36. The molecule has 0 saturated heterocycles. The van der Waals surface area contributed by atoms with Crippen molar-refractivity contribution in [3.8, 4) is 0 Å². The molecule has 1 aliphatic rings. The molecule has 1 fully saturated rings. The van der Waals surface area contributed by atoms with Crippen molar-refractivity contribution in [1.29, 1.82) is 0 Å². The van der Waals surface area contributed by atoms with Crippen LogP contribution >= 0.6 is 0 Å². The number of halogens is 5. The molecular weight excluding hydrogens is 509 g/mol. The number of fused-ring (bicyclic) bond motifs is 3. The van der Waals surface area contributed by atoms with Crippen molar-refractivity contribution in [2.75, 3.05) is 10.6 Å². The first-order valence-electron chi connectivity index (χ1n) is 11.5. The molecule has 2 aromatic carbocycles. The first kappa shape index (κ1) is 23.8. The van der Waals surface area contributed by atoms with Crippen molar-refractivity contribution in [2.24, 2.45) is 0 Å². The van der Waals surface area contributed by atoms with Crippen LogP contribution < -0.4 is 10.6 Å². The van der Waals surface area contributed by atoms with Crippen LogP contribution in [0.1, 0.15) is 40.4 Å². The molecule has 13 heteroatoms. The lowest BCUT2D eigenvalue weighted by Crippen LogP contribution is -2.31. The van der Waals surface area contributed by atoms with Gasteiger partial charge in [0.15, 0.2) is 0 Å². The average Bonchev–Trinajstić information content (AvgIpc) is 3.38. The molecule has 0 unspecified atom stereocenters. The van der Waals surface area contributed by atoms with Crippen molar-refractivity contribution >= 4 is 34.0 Å². The van der Waals surface area contributed by atoms with Gasteiger partial charge in [-0.05, 0) is 31.0 Å². The molecule has 1 amide bonds. The van der Waals surface area contributed by atoms with Gasteiger partial charge >= 0.3 is 6.18 Å². The van der Waals surface area contributed by atoms with Crippen molar-refractivity contribution in [2.45, 2.75) is 31.6 Å². The fourth-order valence-corrected chi connectivity index (χ4v) is 4.32. The number of benzene rings is 2. The zero-order valence-corrected chi connectivity index (χ0v) is 19.5. The molecule has 8 nitrogen and oxygen atoms in total. The third kappa shape index (κ3) is 4.09. The maximum absolute atomic E-state index is 15.3. The molecule has 6 rings (SSSR count). The quantitative estimate of drug-likeness (QED) is 0.320. The second-order valence-electron chi connectivity index (χ2n) is 9.07. The summed E-state index contributed by atoms with van der Waals surface area (Å²) in [5, 5.41) is 4.25. The van der Waals surface area contributed by atoms with E-state index in [0.29, 0.717) is 17.1 Å². The molecule has 0 atom stereocenters. The lowest BCUT2D eigenvalue weighted by atomic mass is 10.1. The Balaban J connectivity index is 1.44. The summed E-state index contributed by atoms with van der Waals surface area (Å²) in [6.45, 7) is -0.461. The predicted octanol–water partition coefficient (Wildman–Crippen LogP) is 5.14. The Morgan fingerprint density at radius 1 is 1.08 bits per heavy atom. The van der Waals surface area contributed by atoms with Gasteiger partial charge in [-0.3, -0.25) is 13.9 Å². The number of carbonyl (C=O) groups is 1. The first-order valence-corrected chi connectivity index (χ1v) is 11.5. The zero-order valence-electron chi connectivity index (χ0n) is 19.5. The number of nitrogens with two attached hydrogens (primary N) is 1. The first-order chi connectivity index (χ1) is 18.1. The molecule has 2 N–H and O–H groups in total. The molecule has 3 aromatic heterocycles. The molecule has 5 aromatic rings. The Morgan fingerprint density at radius 2 is 1.87 bits per heavy atom. The standard InChI is InChI=1S/C25H18F5N7O/c26-18-5-14(25(28,29)30)2-1-13(18)10-35(16-8-33-37(11-16)15-3-4-15)24(38)17-6-21-20(7-19(17)27)34-23(31)22-9-32-12-36(21)22/h1-2,5-9,11-12,15H,3-4,10H2,(H2,31,34). The Kier molecular flexibility index (Phi) is 5.33. The van der Waals surface area contributed by atoms with Crippen LogP contribution in [0.4, 0.5) is 33.5 Å². The third-order valence-corrected chi connectivity index (χ3v) is 6.47. The van der Waals surface area contributed by atoms with Gasteiger partial charge in [0.2, 0.25) is 0 Å². The SMILES string of the molecule is Nc1nc2cc(F)c(C(=O)N(Cc3ccc(C(F)(F)F)cc3F)c3cnn(C4CC4)c3)cc2n2cncc12. The molecule has 194 valence electrons. The van der Waals surface area contributed by atoms with Crippen LogP contribution in [0.2, 0.25) is 0 Å². The molecule has 1 aliphatic carbocycles. The number of hydrogen-bond donors (Lipinski definition) is 1. The predicted molar refractivity (Wildman–Crippen MR) is 127 cm³/mol. The summed E-state index contributed by atoms with van der Waals surface area (Å²) in [4.78, 5) is 23.0. The number of nitrogens with zero attached hydrogens (tertiary/aromatic N) is 6. The van der Waals surface area contributed by atoms with Crippen LogP contribution in [0.15, 0.2) is 55.2 Å². The highest BCUT2D eigenvalue weighted by atomic mass is 19.4. The topological polar surface area (TPSA) is 94.3 Å². The van der Waals surface area contributed by atoms with Crippen molar-refractivity contribution < 1.29 is 26.7 Å². The lowest BCUT2D eigenvalue weighted by molar-refractivity contribution is -0.137. The van der Waals surface area contributed by atoms with Gasteiger partial charge in [0.05, 0.1) is 59.2 Å². The number of nitrogen functional groups attached to an aromatic ring is 1. The van der Waals surface area contributed by atoms with Crippen molar-refractivity contribution in [3.05, 3.63) is 83.6 Å². The largest absolute Gasteiger partial charge is 0.416 e. The summed E-state index contributed by atoms with van der Waals surface area (Å²) >= 11 is 0. The van der Waals surface area contributed by atoms with Crippen LogP contribution in [-0.4, -0.2) is 30.1 Å². The van der Waals surface area contributed by atoms with E-state index in [2.05, 4.69) is 15.1 Å². The van der Waals surface area contributed by atoms with E-state index in [1.54, 1.807) is 15.3 Å². The number of hydrogen-bond acceptors (Lipinski definition) is 5. The second-order valence-corrected chi connectivity index (χ2v) is 9.07. The molecule has 0 aliphatic heterocycles. The number of aromatic nitrogens is 5. The molecule has 3 heterocycles. The fourth-order valence-electron chi connectivity index (χ4n) is 4.32. The van der Waals surface area contributed by atoms with Gasteiger partial charge in [-0.2, -0.15) is 18.3 Å². The van der Waals surface area contributed by atoms with Crippen LogP contribution in [0.3, 0.4) is 0 Å². The number of amides is 1. The summed E-state index contributed by atoms with van der Waals surface area (Å²) in [6, 6.07) is 4.57. The van der Waals surface area contributed by atoms with Gasteiger partial charge in [0, 0.05) is 17.8 Å². The number of imidazole rings is 1. The normalized spacial score (nSPS) is 13.9. The van der Waals surface area contributed by atoms with Gasteiger partial charge in [-0.25, -0.2) is 18.7 Å². The molecule has 38 heavy (non-hydrogen) atoms. The van der Waals surface area contributed by atoms with Gasteiger partial charge in [0.25, 0.3) is 5.91 Å². The number of carbonyl (C=O) groups excluding carboxylic acids is 1. The Labute approximate surface area is 211 Å². The summed E-state index contributed by atoms with van der Waals surface area (Å²) in [7, 11) is 0. The minimum absolute atomic E-state index is 0.125. The second kappa shape index (κ2) is 8.50. The Hall–Kier alpha value is -4.55. The lowest BCUT2D eigenvalue weighted by Gasteiger charge is -2.22. The summed E-state index contributed by atoms with van der Waals surface area (Å²) in [5.41, 5.74) is 5.46. The van der Waals surface area contributed by atoms with Crippen LogP contribution in [0.5, 0.6) is 0 Å². The van der Waals surface area contributed by atoms with E-state index in [4.69, 9.17) is 5.73 Å². The Bertz CT molecular complexity index is 1720. The van der Waals surface area contributed by atoms with Gasteiger partial charge in [0.1, 0.15) is 23.0 Å². The van der Waals surface area contributed by atoms with Crippen LogP contribution in [-0.2, 0) is 12.7 Å². The van der Waals surface area contributed by atoms with E-state index in [9.17, 15) is 22.4 Å². The molecule has 0 bridgehead atoms. The molecule has 1 saturated carbocycles.